The normalized spacial score (nSPS) is 12.6. The average Bonchev–Trinajstić information content (AvgIpc) is 2.33. The van der Waals surface area contributed by atoms with Crippen molar-refractivity contribution in [3.05, 3.63) is 34.9 Å². The van der Waals surface area contributed by atoms with E-state index in [1.54, 1.807) is 14.2 Å². The van der Waals surface area contributed by atoms with Gasteiger partial charge in [-0.1, -0.05) is 17.7 Å². The molecule has 100 valence electrons. The number of carbonyl (C=O) groups excluding carboxylic acids is 1. The molecule has 1 unspecified atom stereocenters. The maximum absolute atomic E-state index is 12.1. The molecule has 1 N–H and O–H groups in total. The summed E-state index contributed by atoms with van der Waals surface area (Å²) in [5.41, 5.74) is 2.71. The van der Waals surface area contributed by atoms with Crippen molar-refractivity contribution in [1.29, 1.82) is 0 Å². The topological polar surface area (TPSA) is 47.6 Å². The lowest BCUT2D eigenvalue weighted by Gasteiger charge is -2.22. The number of hydrogen-bond donors (Lipinski definition) is 1. The van der Waals surface area contributed by atoms with Crippen molar-refractivity contribution >= 4 is 5.91 Å². The number of methoxy groups -OCH3 is 2. The van der Waals surface area contributed by atoms with Crippen molar-refractivity contribution in [2.45, 2.75) is 33.1 Å². The molecule has 1 amide bonds. The Hall–Kier alpha value is -1.39. The second-order valence-electron chi connectivity index (χ2n) is 4.42. The number of benzene rings is 1. The highest BCUT2D eigenvalue weighted by Crippen LogP contribution is 2.11. The fourth-order valence-electron chi connectivity index (χ4n) is 1.84. The molecule has 4 nitrogen and oxygen atoms in total. The zero-order valence-electron chi connectivity index (χ0n) is 11.6. The summed E-state index contributed by atoms with van der Waals surface area (Å²) in [4.78, 5) is 12.1. The van der Waals surface area contributed by atoms with Gasteiger partial charge in [0.05, 0.1) is 6.04 Å². The highest BCUT2D eigenvalue weighted by molar-refractivity contribution is 5.96. The van der Waals surface area contributed by atoms with Crippen LogP contribution in [0.1, 0.15) is 28.4 Å². The molecule has 0 aliphatic carbocycles. The number of aryl methyl sites for hydroxylation is 2. The first kappa shape index (κ1) is 14.7. The molecule has 0 fully saturated rings. The molecule has 1 rings (SSSR count). The first-order valence-electron chi connectivity index (χ1n) is 5.93. The van der Waals surface area contributed by atoms with E-state index in [0.29, 0.717) is 5.56 Å². The third-order valence-electron chi connectivity index (χ3n) is 2.87. The minimum atomic E-state index is -0.445. The van der Waals surface area contributed by atoms with E-state index in [1.807, 2.05) is 39.0 Å². The van der Waals surface area contributed by atoms with Gasteiger partial charge < -0.3 is 14.8 Å². The largest absolute Gasteiger partial charge is 0.354 e. The van der Waals surface area contributed by atoms with Crippen LogP contribution in [0.2, 0.25) is 0 Å². The van der Waals surface area contributed by atoms with E-state index in [-0.39, 0.29) is 11.9 Å². The Bertz CT molecular complexity index is 414. The van der Waals surface area contributed by atoms with Gasteiger partial charge in [-0.05, 0) is 32.4 Å². The Labute approximate surface area is 108 Å². The molecule has 1 aromatic rings. The minimum Gasteiger partial charge on any atom is -0.354 e. The number of amides is 1. The summed E-state index contributed by atoms with van der Waals surface area (Å²) in [5, 5.41) is 2.88. The van der Waals surface area contributed by atoms with Gasteiger partial charge in [-0.3, -0.25) is 4.79 Å². The average molecular weight is 251 g/mol. The van der Waals surface area contributed by atoms with Crippen LogP contribution in [0.4, 0.5) is 0 Å². The summed E-state index contributed by atoms with van der Waals surface area (Å²) < 4.78 is 10.2. The molecule has 18 heavy (non-hydrogen) atoms. The Morgan fingerprint density at radius 1 is 1.22 bits per heavy atom. The predicted octanol–water partition coefficient (Wildman–Crippen LogP) is 2.04. The van der Waals surface area contributed by atoms with E-state index < -0.39 is 6.29 Å². The van der Waals surface area contributed by atoms with Crippen LogP contribution in [0, 0.1) is 13.8 Å². The number of hydrogen-bond acceptors (Lipinski definition) is 3. The van der Waals surface area contributed by atoms with Crippen LogP contribution in [-0.4, -0.2) is 32.5 Å². The fraction of sp³-hybridized carbons (Fsp3) is 0.500. The van der Waals surface area contributed by atoms with Crippen molar-refractivity contribution < 1.29 is 14.3 Å². The lowest BCUT2D eigenvalue weighted by atomic mass is 10.0. The molecular formula is C14H21NO3. The zero-order chi connectivity index (χ0) is 13.7. The summed E-state index contributed by atoms with van der Waals surface area (Å²) in [6, 6.07) is 5.60. The monoisotopic (exact) mass is 251 g/mol. The summed E-state index contributed by atoms with van der Waals surface area (Å²) in [7, 11) is 3.10. The van der Waals surface area contributed by atoms with E-state index >= 15 is 0 Å². The maximum atomic E-state index is 12.1. The maximum Gasteiger partial charge on any atom is 0.251 e. The highest BCUT2D eigenvalue weighted by Gasteiger charge is 2.19. The van der Waals surface area contributed by atoms with Gasteiger partial charge in [0, 0.05) is 19.8 Å². The highest BCUT2D eigenvalue weighted by atomic mass is 16.7. The molecule has 0 aliphatic rings. The van der Waals surface area contributed by atoms with E-state index in [0.717, 1.165) is 11.1 Å². The van der Waals surface area contributed by atoms with Crippen molar-refractivity contribution in [2.24, 2.45) is 0 Å². The van der Waals surface area contributed by atoms with Gasteiger partial charge in [-0.25, -0.2) is 0 Å². The summed E-state index contributed by atoms with van der Waals surface area (Å²) in [6.45, 7) is 5.73. The third kappa shape index (κ3) is 3.55. The van der Waals surface area contributed by atoms with Crippen LogP contribution in [0.3, 0.4) is 0 Å². The molecule has 4 heteroatoms. The molecule has 0 aliphatic heterocycles. The standard InChI is InChI=1S/C14H21NO3/c1-9-6-7-10(2)12(8-9)13(16)15-11(3)14(17-4)18-5/h6-8,11,14H,1-5H3,(H,15,16). The van der Waals surface area contributed by atoms with Gasteiger partial charge in [-0.2, -0.15) is 0 Å². The van der Waals surface area contributed by atoms with Crippen LogP contribution < -0.4 is 5.32 Å². The minimum absolute atomic E-state index is 0.109. The molecule has 1 atom stereocenters. The molecule has 0 saturated carbocycles. The number of rotatable bonds is 5. The van der Waals surface area contributed by atoms with E-state index in [9.17, 15) is 4.79 Å². The van der Waals surface area contributed by atoms with Crippen molar-refractivity contribution in [2.75, 3.05) is 14.2 Å². The third-order valence-corrected chi connectivity index (χ3v) is 2.87. The molecule has 0 saturated heterocycles. The fourth-order valence-corrected chi connectivity index (χ4v) is 1.84. The SMILES string of the molecule is COC(OC)C(C)NC(=O)c1cc(C)ccc1C. The first-order valence-corrected chi connectivity index (χ1v) is 5.93. The van der Waals surface area contributed by atoms with Gasteiger partial charge in [0.1, 0.15) is 0 Å². The van der Waals surface area contributed by atoms with Gasteiger partial charge in [0.15, 0.2) is 6.29 Å². The molecular weight excluding hydrogens is 230 g/mol. The second-order valence-corrected chi connectivity index (χ2v) is 4.42. The van der Waals surface area contributed by atoms with Gasteiger partial charge in [-0.15, -0.1) is 0 Å². The lowest BCUT2D eigenvalue weighted by Crippen LogP contribution is -2.43. The van der Waals surface area contributed by atoms with Crippen molar-refractivity contribution in [3.63, 3.8) is 0 Å². The van der Waals surface area contributed by atoms with Crippen LogP contribution in [0.5, 0.6) is 0 Å². The predicted molar refractivity (Wildman–Crippen MR) is 70.7 cm³/mol. The second kappa shape index (κ2) is 6.52. The van der Waals surface area contributed by atoms with E-state index in [1.165, 1.54) is 0 Å². The van der Waals surface area contributed by atoms with Gasteiger partial charge in [0.2, 0.25) is 0 Å². The number of carbonyl (C=O) groups is 1. The molecule has 0 spiro atoms. The quantitative estimate of drug-likeness (QED) is 0.815. The van der Waals surface area contributed by atoms with Crippen LogP contribution in [0.25, 0.3) is 0 Å². The van der Waals surface area contributed by atoms with E-state index in [4.69, 9.17) is 9.47 Å². The smallest absolute Gasteiger partial charge is 0.251 e. The van der Waals surface area contributed by atoms with Crippen molar-refractivity contribution in [1.82, 2.24) is 5.32 Å². The molecule has 0 aromatic heterocycles. The summed E-state index contributed by atoms with van der Waals surface area (Å²) in [5.74, 6) is -0.109. The first-order chi connectivity index (χ1) is 8.49. The van der Waals surface area contributed by atoms with Crippen LogP contribution in [-0.2, 0) is 9.47 Å². The zero-order valence-corrected chi connectivity index (χ0v) is 11.6. The summed E-state index contributed by atoms with van der Waals surface area (Å²) in [6.07, 6.45) is -0.445. The van der Waals surface area contributed by atoms with E-state index in [2.05, 4.69) is 5.32 Å². The Morgan fingerprint density at radius 3 is 2.39 bits per heavy atom. The molecule has 0 heterocycles. The Morgan fingerprint density at radius 2 is 1.83 bits per heavy atom. The number of nitrogens with one attached hydrogen (secondary N) is 1. The number of ether oxygens (including phenoxy) is 2. The van der Waals surface area contributed by atoms with Crippen LogP contribution >= 0.6 is 0 Å². The van der Waals surface area contributed by atoms with Crippen LogP contribution in [0.15, 0.2) is 18.2 Å². The van der Waals surface area contributed by atoms with Gasteiger partial charge in [0.25, 0.3) is 5.91 Å². The van der Waals surface area contributed by atoms with Gasteiger partial charge >= 0.3 is 0 Å². The molecule has 0 bridgehead atoms. The Kier molecular flexibility index (Phi) is 5.31. The lowest BCUT2D eigenvalue weighted by molar-refractivity contribution is -0.117. The van der Waals surface area contributed by atoms with Crippen molar-refractivity contribution in [3.8, 4) is 0 Å². The Balaban J connectivity index is 2.79. The molecule has 0 radical (unpaired) electrons. The summed E-state index contributed by atoms with van der Waals surface area (Å²) >= 11 is 0. The molecule has 1 aromatic carbocycles.